The molecule has 0 saturated heterocycles. The SMILES string of the molecule is C=CC(O[Si](C)(C)C(C)(C)C)[C@@H]1CC[C@H]1CN1C[C@@]2(CCCc3cc(Cl)ccc32)COc2ccc(S(N)(=O)=O)cc21. The average Bonchev–Trinajstić information content (AvgIpc) is 3.02. The lowest BCUT2D eigenvalue weighted by Crippen LogP contribution is -2.52. The smallest absolute Gasteiger partial charge is 0.238 e. The highest BCUT2D eigenvalue weighted by Gasteiger charge is 2.46. The van der Waals surface area contributed by atoms with Crippen LogP contribution in [0.25, 0.3) is 0 Å². The summed E-state index contributed by atoms with van der Waals surface area (Å²) < 4.78 is 38.1. The van der Waals surface area contributed by atoms with Gasteiger partial charge in [-0.3, -0.25) is 0 Å². The molecule has 6 nitrogen and oxygen atoms in total. The monoisotopic (exact) mass is 616 g/mol. The quantitative estimate of drug-likeness (QED) is 0.266. The van der Waals surface area contributed by atoms with Crippen molar-refractivity contribution in [1.29, 1.82) is 0 Å². The van der Waals surface area contributed by atoms with Crippen LogP contribution in [-0.4, -0.2) is 42.5 Å². The normalized spacial score (nSPS) is 25.4. The second-order valence-electron chi connectivity index (χ2n) is 13.9. The summed E-state index contributed by atoms with van der Waals surface area (Å²) in [5, 5.41) is 6.44. The maximum atomic E-state index is 12.4. The van der Waals surface area contributed by atoms with Gasteiger partial charge in [-0.1, -0.05) is 44.5 Å². The van der Waals surface area contributed by atoms with Gasteiger partial charge in [0.2, 0.25) is 10.0 Å². The molecule has 41 heavy (non-hydrogen) atoms. The number of hydrogen-bond donors (Lipinski definition) is 1. The van der Waals surface area contributed by atoms with Gasteiger partial charge in [0.25, 0.3) is 0 Å². The van der Waals surface area contributed by atoms with Crippen LogP contribution in [0.3, 0.4) is 0 Å². The van der Waals surface area contributed by atoms with E-state index in [1.54, 1.807) is 18.2 Å². The fourth-order valence-corrected chi connectivity index (χ4v) is 8.67. The third-order valence-corrected chi connectivity index (χ3v) is 15.8. The van der Waals surface area contributed by atoms with Gasteiger partial charge in [-0.05, 0) is 104 Å². The first kappa shape index (κ1) is 30.6. The first-order valence-corrected chi connectivity index (χ1v) is 19.6. The molecule has 2 aromatic carbocycles. The van der Waals surface area contributed by atoms with Gasteiger partial charge in [0.15, 0.2) is 8.32 Å². The number of primary sulfonamides is 1. The number of aryl methyl sites for hydroxylation is 1. The lowest BCUT2D eigenvalue weighted by molar-refractivity contribution is 0.0528. The Morgan fingerprint density at radius 1 is 1.24 bits per heavy atom. The third-order valence-electron chi connectivity index (χ3n) is 10.2. The average molecular weight is 617 g/mol. The number of fused-ring (bicyclic) bond motifs is 3. The number of hydrogen-bond acceptors (Lipinski definition) is 5. The second-order valence-corrected chi connectivity index (χ2v) is 20.6. The van der Waals surface area contributed by atoms with Crippen molar-refractivity contribution in [2.75, 3.05) is 24.6 Å². The van der Waals surface area contributed by atoms with Gasteiger partial charge >= 0.3 is 0 Å². The molecule has 0 aromatic heterocycles. The van der Waals surface area contributed by atoms with E-state index in [9.17, 15) is 8.42 Å². The van der Waals surface area contributed by atoms with Crippen LogP contribution in [0.5, 0.6) is 5.75 Å². The Morgan fingerprint density at radius 3 is 2.63 bits per heavy atom. The van der Waals surface area contributed by atoms with E-state index in [4.69, 9.17) is 25.9 Å². The molecule has 2 aliphatic carbocycles. The summed E-state index contributed by atoms with van der Waals surface area (Å²) in [6, 6.07) is 11.2. The van der Waals surface area contributed by atoms with Crippen molar-refractivity contribution in [3.8, 4) is 5.75 Å². The van der Waals surface area contributed by atoms with Crippen LogP contribution in [0.15, 0.2) is 53.9 Å². The van der Waals surface area contributed by atoms with Gasteiger partial charge in [0, 0.05) is 23.5 Å². The van der Waals surface area contributed by atoms with E-state index in [1.165, 1.54) is 11.1 Å². The molecule has 3 aliphatic rings. The molecule has 9 heteroatoms. The zero-order chi connectivity index (χ0) is 29.8. The fraction of sp³-hybridized carbons (Fsp3) is 0.562. The number of ether oxygens (including phenoxy) is 1. The largest absolute Gasteiger partial charge is 0.490 e. The van der Waals surface area contributed by atoms with Gasteiger partial charge in [-0.25, -0.2) is 13.6 Å². The van der Waals surface area contributed by atoms with Crippen molar-refractivity contribution < 1.29 is 17.6 Å². The maximum Gasteiger partial charge on any atom is 0.238 e. The van der Waals surface area contributed by atoms with E-state index in [1.807, 2.05) is 12.1 Å². The van der Waals surface area contributed by atoms with Crippen LogP contribution in [0, 0.1) is 11.8 Å². The number of sulfonamides is 1. The van der Waals surface area contributed by atoms with Crippen molar-refractivity contribution in [3.63, 3.8) is 0 Å². The summed E-state index contributed by atoms with van der Waals surface area (Å²) >= 11 is 6.40. The van der Waals surface area contributed by atoms with E-state index in [2.05, 4.69) is 57.5 Å². The van der Waals surface area contributed by atoms with Crippen LogP contribution < -0.4 is 14.8 Å². The Bertz CT molecular complexity index is 1420. The van der Waals surface area contributed by atoms with Gasteiger partial charge in [0.05, 0.1) is 23.3 Å². The third kappa shape index (κ3) is 6.00. The zero-order valence-electron chi connectivity index (χ0n) is 25.1. The molecule has 1 unspecified atom stereocenters. The van der Waals surface area contributed by atoms with E-state index in [0.717, 1.165) is 55.9 Å². The molecule has 1 spiro atoms. The number of anilines is 1. The van der Waals surface area contributed by atoms with Crippen molar-refractivity contribution in [3.05, 3.63) is 65.2 Å². The second kappa shape index (κ2) is 11.0. The first-order chi connectivity index (χ1) is 19.1. The fourth-order valence-electron chi connectivity index (χ4n) is 6.64. The molecule has 0 bridgehead atoms. The minimum atomic E-state index is -3.87. The van der Waals surface area contributed by atoms with Crippen LogP contribution in [0.2, 0.25) is 23.2 Å². The molecule has 1 heterocycles. The Kier molecular flexibility index (Phi) is 8.22. The molecule has 2 N–H and O–H groups in total. The molecular formula is C32H45ClN2O4SSi. The zero-order valence-corrected chi connectivity index (χ0v) is 27.7. The predicted molar refractivity (Wildman–Crippen MR) is 170 cm³/mol. The van der Waals surface area contributed by atoms with Crippen LogP contribution in [0.4, 0.5) is 5.69 Å². The summed E-state index contributed by atoms with van der Waals surface area (Å²) in [6.45, 7) is 17.6. The van der Waals surface area contributed by atoms with Gasteiger partial charge in [-0.15, -0.1) is 6.58 Å². The molecule has 224 valence electrons. The molecular weight excluding hydrogens is 572 g/mol. The summed E-state index contributed by atoms with van der Waals surface area (Å²) in [5.41, 5.74) is 3.13. The predicted octanol–water partition coefficient (Wildman–Crippen LogP) is 7.06. The summed E-state index contributed by atoms with van der Waals surface area (Å²) in [6.07, 6.45) is 7.22. The Labute approximate surface area is 252 Å². The summed E-state index contributed by atoms with van der Waals surface area (Å²) in [5.74, 6) is 1.45. The lowest BCUT2D eigenvalue weighted by atomic mass is 9.68. The van der Waals surface area contributed by atoms with E-state index < -0.39 is 18.3 Å². The summed E-state index contributed by atoms with van der Waals surface area (Å²) in [4.78, 5) is 2.47. The van der Waals surface area contributed by atoms with Crippen molar-refractivity contribution in [2.24, 2.45) is 17.0 Å². The van der Waals surface area contributed by atoms with Crippen LogP contribution in [0.1, 0.15) is 57.6 Å². The highest BCUT2D eigenvalue weighted by atomic mass is 35.5. The van der Waals surface area contributed by atoms with Crippen molar-refractivity contribution in [1.82, 2.24) is 0 Å². The topological polar surface area (TPSA) is 81.9 Å². The van der Waals surface area contributed by atoms with E-state index in [-0.39, 0.29) is 21.5 Å². The summed E-state index contributed by atoms with van der Waals surface area (Å²) in [7, 11) is -5.85. The number of benzene rings is 2. The minimum absolute atomic E-state index is 0.000368. The van der Waals surface area contributed by atoms with Crippen LogP contribution >= 0.6 is 11.6 Å². The highest BCUT2D eigenvalue weighted by molar-refractivity contribution is 7.89. The van der Waals surface area contributed by atoms with E-state index >= 15 is 0 Å². The number of nitrogens with two attached hydrogens (primary N) is 1. The van der Waals surface area contributed by atoms with Crippen molar-refractivity contribution >= 4 is 35.6 Å². The van der Waals surface area contributed by atoms with Crippen LogP contribution in [-0.2, 0) is 26.3 Å². The standard InChI is InChI=1S/C32H45ClN2O4SSi/c1-7-29(39-41(5,6)31(2,3)4)26-13-10-23(26)19-35-20-32(16-8-9-22-17-24(33)11-14-27(22)32)21-38-30-15-12-25(18-28(30)35)40(34,36)37/h7,11-12,14-15,17-18,23,26,29H,1,8-10,13,16,19-21H2,2-6H3,(H2,34,36,37)/t23-,26+,29?,32-/m0/s1. The van der Waals surface area contributed by atoms with Crippen molar-refractivity contribution in [2.45, 2.75) is 87.4 Å². The molecule has 2 aromatic rings. The van der Waals surface area contributed by atoms with E-state index in [0.29, 0.717) is 24.2 Å². The highest BCUT2D eigenvalue weighted by Crippen LogP contribution is 2.48. The number of halogens is 1. The molecule has 1 saturated carbocycles. The van der Waals surface area contributed by atoms with Gasteiger partial charge in [-0.2, -0.15) is 0 Å². The Morgan fingerprint density at radius 2 is 2.00 bits per heavy atom. The number of rotatable bonds is 7. The molecule has 0 radical (unpaired) electrons. The molecule has 0 amide bonds. The minimum Gasteiger partial charge on any atom is -0.490 e. The Balaban J connectivity index is 1.50. The molecule has 1 aliphatic heterocycles. The Hall–Kier alpha value is -1.84. The lowest BCUT2D eigenvalue weighted by Gasteiger charge is -2.48. The molecule has 5 rings (SSSR count). The first-order valence-electron chi connectivity index (χ1n) is 14.8. The molecule has 4 atom stereocenters. The maximum absolute atomic E-state index is 12.4. The number of nitrogens with zero attached hydrogens (tertiary/aromatic N) is 1. The van der Waals surface area contributed by atoms with Gasteiger partial charge in [0.1, 0.15) is 5.75 Å². The van der Waals surface area contributed by atoms with Gasteiger partial charge < -0.3 is 14.1 Å². The molecule has 1 fully saturated rings.